The molecule has 0 aromatic heterocycles. The lowest BCUT2D eigenvalue weighted by Crippen LogP contribution is -2.52. The van der Waals surface area contributed by atoms with Gasteiger partial charge in [-0.15, -0.1) is 0 Å². The first-order chi connectivity index (χ1) is 12.4. The van der Waals surface area contributed by atoms with Gasteiger partial charge in [-0.25, -0.2) is 8.42 Å². The van der Waals surface area contributed by atoms with Crippen molar-refractivity contribution in [3.8, 4) is 0 Å². The molecule has 6 nitrogen and oxygen atoms in total. The van der Waals surface area contributed by atoms with Gasteiger partial charge in [0.1, 0.15) is 9.84 Å². The fourth-order valence-electron chi connectivity index (χ4n) is 5.15. The molecule has 1 aliphatic carbocycles. The summed E-state index contributed by atoms with van der Waals surface area (Å²) in [5, 5.41) is 0. The normalized spacial score (nSPS) is 32.8. The molecule has 4 aliphatic rings. The highest BCUT2D eigenvalue weighted by Crippen LogP contribution is 2.42. The third kappa shape index (κ3) is 3.39. The number of likely N-dealkylation sites (tertiary alicyclic amines) is 2. The number of hydrogen-bond donors (Lipinski definition) is 0. The van der Waals surface area contributed by atoms with Gasteiger partial charge in [0.15, 0.2) is 0 Å². The number of carbonyl (C=O) groups excluding carboxylic acids is 2. The topological polar surface area (TPSA) is 74.8 Å². The number of nitrogens with zero attached hydrogens (tertiary/aromatic N) is 2. The van der Waals surface area contributed by atoms with Crippen molar-refractivity contribution in [3.05, 3.63) is 0 Å². The summed E-state index contributed by atoms with van der Waals surface area (Å²) in [6.07, 6.45) is 7.33. The lowest BCUT2D eigenvalue weighted by Gasteiger charge is -2.42. The molecule has 1 spiro atoms. The molecule has 0 aromatic carbocycles. The molecule has 4 rings (SSSR count). The van der Waals surface area contributed by atoms with Gasteiger partial charge in [0.05, 0.1) is 16.9 Å². The van der Waals surface area contributed by atoms with Crippen molar-refractivity contribution in [2.45, 2.75) is 51.4 Å². The third-order valence-corrected chi connectivity index (χ3v) is 8.81. The van der Waals surface area contributed by atoms with E-state index in [-0.39, 0.29) is 34.7 Å². The lowest BCUT2D eigenvalue weighted by molar-refractivity contribution is -0.147. The summed E-state index contributed by atoms with van der Waals surface area (Å²) in [6.45, 7) is 2.95. The molecular weight excluding hydrogens is 352 g/mol. The monoisotopic (exact) mass is 382 g/mol. The molecule has 26 heavy (non-hydrogen) atoms. The largest absolute Gasteiger partial charge is 0.342 e. The predicted octanol–water partition coefficient (Wildman–Crippen LogP) is 1.45. The molecule has 1 unspecified atom stereocenters. The van der Waals surface area contributed by atoms with Crippen molar-refractivity contribution in [1.29, 1.82) is 0 Å². The molecule has 0 N–H and O–H groups in total. The summed E-state index contributed by atoms with van der Waals surface area (Å²) in [5.41, 5.74) is -0.377. The van der Waals surface area contributed by atoms with E-state index in [0.717, 1.165) is 32.4 Å². The minimum atomic E-state index is -2.96. The van der Waals surface area contributed by atoms with Crippen LogP contribution in [0.3, 0.4) is 0 Å². The maximum Gasteiger partial charge on any atom is 0.230 e. The summed E-state index contributed by atoms with van der Waals surface area (Å²) in [7, 11) is -2.96. The first-order valence-electron chi connectivity index (χ1n) is 10.2. The van der Waals surface area contributed by atoms with E-state index in [0.29, 0.717) is 31.8 Å². The summed E-state index contributed by atoms with van der Waals surface area (Å²) in [6, 6.07) is 0. The van der Waals surface area contributed by atoms with E-state index in [9.17, 15) is 18.0 Å². The molecule has 2 amide bonds. The number of hydrogen-bond acceptors (Lipinski definition) is 4. The van der Waals surface area contributed by atoms with Crippen LogP contribution >= 0.6 is 0 Å². The van der Waals surface area contributed by atoms with E-state index >= 15 is 0 Å². The van der Waals surface area contributed by atoms with Crippen LogP contribution < -0.4 is 0 Å². The Kier molecular flexibility index (Phi) is 4.78. The number of rotatable bonds is 3. The third-order valence-electron chi connectivity index (χ3n) is 7.10. The van der Waals surface area contributed by atoms with Crippen molar-refractivity contribution in [2.75, 3.05) is 37.7 Å². The molecule has 1 atom stereocenters. The zero-order valence-corrected chi connectivity index (χ0v) is 16.3. The molecule has 146 valence electrons. The minimum Gasteiger partial charge on any atom is -0.342 e. The van der Waals surface area contributed by atoms with Crippen molar-refractivity contribution in [2.24, 2.45) is 17.3 Å². The van der Waals surface area contributed by atoms with Gasteiger partial charge in [-0.3, -0.25) is 9.59 Å². The second-order valence-electron chi connectivity index (χ2n) is 8.87. The van der Waals surface area contributed by atoms with Gasteiger partial charge >= 0.3 is 0 Å². The van der Waals surface area contributed by atoms with Gasteiger partial charge < -0.3 is 9.80 Å². The first kappa shape index (κ1) is 18.3. The van der Waals surface area contributed by atoms with Gasteiger partial charge in [-0.1, -0.05) is 6.42 Å². The molecule has 0 bridgehead atoms. The first-order valence-corrected chi connectivity index (χ1v) is 12.0. The van der Waals surface area contributed by atoms with E-state index in [1.54, 1.807) is 0 Å². The molecule has 0 aromatic rings. The Morgan fingerprint density at radius 2 is 1.77 bits per heavy atom. The standard InChI is InChI=1S/C19H30N2O4S/c22-17(16-5-11-26(24,25)12-6-16)21-10-8-19(14-21)7-2-9-20(18(19)23)13-15-3-1-4-15/h15-16H,1-14H2. The summed E-state index contributed by atoms with van der Waals surface area (Å²) in [5.74, 6) is 1.07. The van der Waals surface area contributed by atoms with E-state index in [1.807, 2.05) is 4.90 Å². The zero-order chi connectivity index (χ0) is 18.4. The Balaban J connectivity index is 1.38. The van der Waals surface area contributed by atoms with Crippen LogP contribution in [0.15, 0.2) is 0 Å². The summed E-state index contributed by atoms with van der Waals surface area (Å²) >= 11 is 0. The quantitative estimate of drug-likeness (QED) is 0.740. The van der Waals surface area contributed by atoms with Crippen LogP contribution in [0, 0.1) is 17.3 Å². The second-order valence-corrected chi connectivity index (χ2v) is 11.2. The molecule has 7 heteroatoms. The van der Waals surface area contributed by atoms with E-state index in [1.165, 1.54) is 19.3 Å². The Bertz CT molecular complexity index is 674. The van der Waals surface area contributed by atoms with Crippen molar-refractivity contribution < 1.29 is 18.0 Å². The smallest absolute Gasteiger partial charge is 0.230 e. The Hall–Kier alpha value is -1.11. The molecule has 3 saturated heterocycles. The average Bonchev–Trinajstić information content (AvgIpc) is 2.99. The number of amides is 2. The number of piperidine rings is 1. The highest BCUT2D eigenvalue weighted by atomic mass is 32.2. The molecular formula is C19H30N2O4S. The van der Waals surface area contributed by atoms with Crippen LogP contribution in [-0.2, 0) is 19.4 Å². The number of sulfone groups is 1. The molecule has 0 radical (unpaired) electrons. The van der Waals surface area contributed by atoms with Crippen LogP contribution in [-0.4, -0.2) is 67.7 Å². The SMILES string of the molecule is O=C(C1CCS(=O)(=O)CC1)N1CCC2(CCCN(CC3CCC3)C2=O)C1. The van der Waals surface area contributed by atoms with Gasteiger partial charge in [0, 0.05) is 32.1 Å². The fourth-order valence-corrected chi connectivity index (χ4v) is 6.64. The maximum absolute atomic E-state index is 13.2. The predicted molar refractivity (Wildman–Crippen MR) is 98.2 cm³/mol. The highest BCUT2D eigenvalue weighted by molar-refractivity contribution is 7.91. The summed E-state index contributed by atoms with van der Waals surface area (Å²) < 4.78 is 23.2. The van der Waals surface area contributed by atoms with Crippen molar-refractivity contribution in [1.82, 2.24) is 9.80 Å². The number of carbonyl (C=O) groups is 2. The van der Waals surface area contributed by atoms with Gasteiger partial charge in [-0.2, -0.15) is 0 Å². The molecule has 3 aliphatic heterocycles. The molecule has 4 fully saturated rings. The van der Waals surface area contributed by atoms with E-state index in [4.69, 9.17) is 0 Å². The van der Waals surface area contributed by atoms with Crippen LogP contribution in [0.4, 0.5) is 0 Å². The van der Waals surface area contributed by atoms with Crippen LogP contribution in [0.25, 0.3) is 0 Å². The average molecular weight is 383 g/mol. The highest BCUT2D eigenvalue weighted by Gasteiger charge is 2.50. The van der Waals surface area contributed by atoms with Crippen molar-refractivity contribution >= 4 is 21.7 Å². The zero-order valence-electron chi connectivity index (χ0n) is 15.5. The van der Waals surface area contributed by atoms with Crippen molar-refractivity contribution in [3.63, 3.8) is 0 Å². The van der Waals surface area contributed by atoms with Gasteiger partial charge in [0.25, 0.3) is 0 Å². The maximum atomic E-state index is 13.2. The molecule has 1 saturated carbocycles. The van der Waals surface area contributed by atoms with E-state index in [2.05, 4.69) is 4.90 Å². The lowest BCUT2D eigenvalue weighted by atomic mass is 9.77. The Morgan fingerprint density at radius 1 is 1.04 bits per heavy atom. The molecule has 3 heterocycles. The van der Waals surface area contributed by atoms with Crippen LogP contribution in [0.5, 0.6) is 0 Å². The van der Waals surface area contributed by atoms with E-state index < -0.39 is 9.84 Å². The van der Waals surface area contributed by atoms with Crippen LogP contribution in [0.2, 0.25) is 0 Å². The van der Waals surface area contributed by atoms with Gasteiger partial charge in [-0.05, 0) is 50.9 Å². The minimum absolute atomic E-state index is 0.0701. The van der Waals surface area contributed by atoms with Crippen LogP contribution in [0.1, 0.15) is 51.4 Å². The second kappa shape index (κ2) is 6.80. The van der Waals surface area contributed by atoms with Gasteiger partial charge in [0.2, 0.25) is 11.8 Å². The Morgan fingerprint density at radius 3 is 2.42 bits per heavy atom. The summed E-state index contributed by atoms with van der Waals surface area (Å²) in [4.78, 5) is 29.9. The Labute approximate surface area is 156 Å². The fraction of sp³-hybridized carbons (Fsp3) is 0.895.